The highest BCUT2D eigenvalue weighted by Gasteiger charge is 2.15. The number of amides is 2. The number of hydrogen-bond donors (Lipinski definition) is 2. The minimum Gasteiger partial charge on any atom is -0.460 e. The van der Waals surface area contributed by atoms with E-state index in [1.54, 1.807) is 0 Å². The molecule has 0 radical (unpaired) electrons. The van der Waals surface area contributed by atoms with Gasteiger partial charge in [-0.15, -0.1) is 0 Å². The molecule has 0 atom stereocenters. The van der Waals surface area contributed by atoms with Gasteiger partial charge in [-0.3, -0.25) is 14.4 Å². The lowest BCUT2D eigenvalue weighted by Gasteiger charge is -2.19. The summed E-state index contributed by atoms with van der Waals surface area (Å²) in [5.41, 5.74) is -0.474. The number of ether oxygens (including phenoxy) is 3. The third-order valence-electron chi connectivity index (χ3n) is 3.12. The van der Waals surface area contributed by atoms with Crippen molar-refractivity contribution in [1.82, 2.24) is 10.6 Å². The van der Waals surface area contributed by atoms with Crippen LogP contribution in [0.4, 0.5) is 0 Å². The lowest BCUT2D eigenvalue weighted by Crippen LogP contribution is -2.27. The number of unbranched alkanes of at least 4 members (excludes halogenated alkanes) is 2. The zero-order chi connectivity index (χ0) is 19.7. The van der Waals surface area contributed by atoms with Gasteiger partial charge in [0.2, 0.25) is 12.3 Å². The smallest absolute Gasteiger partial charge is 0.308 e. The fourth-order valence-electron chi connectivity index (χ4n) is 1.97. The second-order valence-corrected chi connectivity index (χ2v) is 6.79. The first-order valence-corrected chi connectivity index (χ1v) is 9.16. The van der Waals surface area contributed by atoms with Crippen molar-refractivity contribution in [3.8, 4) is 0 Å². The van der Waals surface area contributed by atoms with Gasteiger partial charge < -0.3 is 24.8 Å². The molecular formula is C18H34N2O6. The molecule has 0 bridgehead atoms. The van der Waals surface area contributed by atoms with Gasteiger partial charge in [0.05, 0.1) is 32.8 Å². The molecule has 0 spiro atoms. The van der Waals surface area contributed by atoms with Crippen LogP contribution in [0.25, 0.3) is 0 Å². The quantitative estimate of drug-likeness (QED) is 0.239. The molecule has 0 rings (SSSR count). The molecule has 0 aliphatic heterocycles. The summed E-state index contributed by atoms with van der Waals surface area (Å²) >= 11 is 0. The Morgan fingerprint density at radius 1 is 0.885 bits per heavy atom. The topological polar surface area (TPSA) is 103 Å². The van der Waals surface area contributed by atoms with Crippen LogP contribution in [-0.2, 0) is 28.6 Å². The Labute approximate surface area is 156 Å². The van der Waals surface area contributed by atoms with Crippen LogP contribution in [0.15, 0.2) is 0 Å². The lowest BCUT2D eigenvalue weighted by atomic mass is 10.2. The van der Waals surface area contributed by atoms with Crippen molar-refractivity contribution in [2.24, 2.45) is 0 Å². The normalized spacial score (nSPS) is 11.0. The molecule has 2 amide bonds. The highest BCUT2D eigenvalue weighted by molar-refractivity contribution is 5.75. The minimum atomic E-state index is -0.474. The van der Waals surface area contributed by atoms with Crippen molar-refractivity contribution in [3.63, 3.8) is 0 Å². The largest absolute Gasteiger partial charge is 0.460 e. The van der Waals surface area contributed by atoms with Crippen LogP contribution in [-0.4, -0.2) is 63.4 Å². The van der Waals surface area contributed by atoms with Crippen LogP contribution in [0.2, 0.25) is 0 Å². The molecule has 0 saturated heterocycles. The summed E-state index contributed by atoms with van der Waals surface area (Å²) in [4.78, 5) is 33.1. The highest BCUT2D eigenvalue weighted by atomic mass is 16.6. The molecular weight excluding hydrogens is 340 g/mol. The molecule has 0 saturated carbocycles. The molecule has 26 heavy (non-hydrogen) atoms. The van der Waals surface area contributed by atoms with E-state index in [0.717, 1.165) is 19.3 Å². The van der Waals surface area contributed by atoms with E-state index in [1.165, 1.54) is 0 Å². The van der Waals surface area contributed by atoms with E-state index in [2.05, 4.69) is 10.6 Å². The molecule has 8 nitrogen and oxygen atoms in total. The zero-order valence-corrected chi connectivity index (χ0v) is 16.3. The molecule has 2 N–H and O–H groups in total. The summed E-state index contributed by atoms with van der Waals surface area (Å²) < 4.78 is 15.8. The molecule has 0 aromatic rings. The second kappa shape index (κ2) is 15.6. The summed E-state index contributed by atoms with van der Waals surface area (Å²) in [7, 11) is 0. The van der Waals surface area contributed by atoms with E-state index in [9.17, 15) is 14.4 Å². The number of carbonyl (C=O) groups is 3. The first-order valence-electron chi connectivity index (χ1n) is 9.16. The molecule has 0 aromatic heterocycles. The maximum absolute atomic E-state index is 11.6. The monoisotopic (exact) mass is 374 g/mol. The fourth-order valence-corrected chi connectivity index (χ4v) is 1.97. The first kappa shape index (κ1) is 24.3. The maximum atomic E-state index is 11.6. The summed E-state index contributed by atoms with van der Waals surface area (Å²) in [6.45, 7) is 8.12. The number of nitrogens with one attached hydrogen (secondary N) is 2. The standard InChI is InChI=1S/C18H34N2O6/c1-18(2,3)26-17(23)8-11-24-13-14-25-12-10-20-16(22)7-5-4-6-9-19-15-21/h15H,4-14H2,1-3H3,(H,19,21)(H,20,22). The summed E-state index contributed by atoms with van der Waals surface area (Å²) in [5, 5.41) is 5.37. The number of hydrogen-bond acceptors (Lipinski definition) is 6. The van der Waals surface area contributed by atoms with Crippen LogP contribution in [0.3, 0.4) is 0 Å². The van der Waals surface area contributed by atoms with Crippen LogP contribution in [0.5, 0.6) is 0 Å². The molecule has 152 valence electrons. The molecule has 0 heterocycles. The van der Waals surface area contributed by atoms with Crippen LogP contribution < -0.4 is 10.6 Å². The van der Waals surface area contributed by atoms with E-state index < -0.39 is 5.60 Å². The predicted octanol–water partition coefficient (Wildman–Crippen LogP) is 1.17. The molecule has 0 unspecified atom stereocenters. The van der Waals surface area contributed by atoms with Crippen molar-refractivity contribution < 1.29 is 28.6 Å². The van der Waals surface area contributed by atoms with E-state index in [0.29, 0.717) is 52.3 Å². The Hall–Kier alpha value is -1.67. The zero-order valence-electron chi connectivity index (χ0n) is 16.3. The van der Waals surface area contributed by atoms with Gasteiger partial charge in [-0.1, -0.05) is 6.42 Å². The van der Waals surface area contributed by atoms with E-state index in [4.69, 9.17) is 14.2 Å². The Kier molecular flexibility index (Phi) is 14.6. The van der Waals surface area contributed by atoms with E-state index >= 15 is 0 Å². The number of carbonyl (C=O) groups excluding carboxylic acids is 3. The van der Waals surface area contributed by atoms with Crippen molar-refractivity contribution in [3.05, 3.63) is 0 Å². The van der Waals surface area contributed by atoms with Crippen molar-refractivity contribution in [1.29, 1.82) is 0 Å². The molecule has 0 aromatic carbocycles. The van der Waals surface area contributed by atoms with Crippen LogP contribution >= 0.6 is 0 Å². The first-order chi connectivity index (χ1) is 12.3. The fraction of sp³-hybridized carbons (Fsp3) is 0.833. The summed E-state index contributed by atoms with van der Waals surface area (Å²) in [6.07, 6.45) is 3.97. The van der Waals surface area contributed by atoms with Crippen molar-refractivity contribution in [2.45, 2.75) is 58.5 Å². The van der Waals surface area contributed by atoms with E-state index in [-0.39, 0.29) is 18.3 Å². The number of esters is 1. The average molecular weight is 374 g/mol. The van der Waals surface area contributed by atoms with Gasteiger partial charge in [-0.25, -0.2) is 0 Å². The van der Waals surface area contributed by atoms with Gasteiger partial charge in [0.15, 0.2) is 0 Å². The average Bonchev–Trinajstić information content (AvgIpc) is 2.54. The number of rotatable bonds is 16. The summed E-state index contributed by atoms with van der Waals surface area (Å²) in [6, 6.07) is 0. The SMILES string of the molecule is CC(C)(C)OC(=O)CCOCCOCCNC(=O)CCCCCNC=O. The van der Waals surface area contributed by atoms with Gasteiger partial charge in [-0.05, 0) is 33.6 Å². The van der Waals surface area contributed by atoms with Crippen LogP contribution in [0, 0.1) is 0 Å². The van der Waals surface area contributed by atoms with Gasteiger partial charge in [0, 0.05) is 19.5 Å². The third kappa shape index (κ3) is 18.7. The van der Waals surface area contributed by atoms with Gasteiger partial charge >= 0.3 is 5.97 Å². The Bertz CT molecular complexity index is 396. The van der Waals surface area contributed by atoms with Crippen molar-refractivity contribution >= 4 is 18.3 Å². The highest BCUT2D eigenvalue weighted by Crippen LogP contribution is 2.08. The molecule has 0 fully saturated rings. The van der Waals surface area contributed by atoms with Gasteiger partial charge in [0.1, 0.15) is 5.60 Å². The van der Waals surface area contributed by atoms with Crippen molar-refractivity contribution in [2.75, 3.05) is 39.5 Å². The Balaban J connectivity index is 3.31. The predicted molar refractivity (Wildman–Crippen MR) is 97.6 cm³/mol. The van der Waals surface area contributed by atoms with Crippen LogP contribution in [0.1, 0.15) is 52.9 Å². The summed E-state index contributed by atoms with van der Waals surface area (Å²) in [5.74, 6) is -0.272. The Morgan fingerprint density at radius 3 is 2.23 bits per heavy atom. The van der Waals surface area contributed by atoms with Gasteiger partial charge in [0.25, 0.3) is 0 Å². The molecule has 8 heteroatoms. The Morgan fingerprint density at radius 2 is 1.58 bits per heavy atom. The van der Waals surface area contributed by atoms with E-state index in [1.807, 2.05) is 20.8 Å². The second-order valence-electron chi connectivity index (χ2n) is 6.79. The third-order valence-corrected chi connectivity index (χ3v) is 3.12. The maximum Gasteiger partial charge on any atom is 0.308 e. The lowest BCUT2D eigenvalue weighted by molar-refractivity contribution is -0.156. The molecule has 0 aliphatic rings. The molecule has 0 aliphatic carbocycles. The minimum absolute atomic E-state index is 0.00515. The van der Waals surface area contributed by atoms with Gasteiger partial charge in [-0.2, -0.15) is 0 Å².